The molecule has 0 spiro atoms. The number of hydrogen-bond donors (Lipinski definition) is 1. The van der Waals surface area contributed by atoms with E-state index in [9.17, 15) is 0 Å². The molecule has 0 aliphatic carbocycles. The predicted molar refractivity (Wildman–Crippen MR) is 70.4 cm³/mol. The first-order valence-corrected chi connectivity index (χ1v) is 6.72. The van der Waals surface area contributed by atoms with Crippen molar-refractivity contribution in [1.82, 2.24) is 15.1 Å². The molecule has 0 fully saturated rings. The molecule has 0 aliphatic rings. The highest BCUT2D eigenvalue weighted by atomic mass is 16.5. The van der Waals surface area contributed by atoms with E-state index in [1.54, 1.807) is 6.20 Å². The number of aryl methyl sites for hydroxylation is 1. The highest BCUT2D eigenvalue weighted by molar-refractivity contribution is 5.11. The average molecular weight is 239 g/mol. The van der Waals surface area contributed by atoms with E-state index in [0.717, 1.165) is 38.4 Å². The van der Waals surface area contributed by atoms with Crippen LogP contribution in [0.4, 0.5) is 0 Å². The van der Waals surface area contributed by atoms with Crippen molar-refractivity contribution in [3.8, 4) is 5.75 Å². The van der Waals surface area contributed by atoms with E-state index >= 15 is 0 Å². The third kappa shape index (κ3) is 6.31. The van der Waals surface area contributed by atoms with E-state index in [1.165, 1.54) is 19.3 Å². The second kappa shape index (κ2) is 9.05. The Balaban J connectivity index is 1.93. The Morgan fingerprint density at radius 2 is 2.12 bits per heavy atom. The zero-order valence-electron chi connectivity index (χ0n) is 11.1. The zero-order valence-corrected chi connectivity index (χ0v) is 11.1. The second-order valence-electron chi connectivity index (χ2n) is 4.19. The first-order valence-electron chi connectivity index (χ1n) is 6.72. The molecule has 0 bridgehead atoms. The summed E-state index contributed by atoms with van der Waals surface area (Å²) in [6, 6.07) is 0. The minimum atomic E-state index is 0.795. The zero-order chi connectivity index (χ0) is 12.3. The van der Waals surface area contributed by atoms with Crippen molar-refractivity contribution >= 4 is 0 Å². The predicted octanol–water partition coefficient (Wildman–Crippen LogP) is 2.45. The molecule has 1 N–H and O–H groups in total. The quantitative estimate of drug-likeness (QED) is 0.637. The van der Waals surface area contributed by atoms with E-state index in [0.29, 0.717) is 0 Å². The molecular weight excluding hydrogens is 214 g/mol. The van der Waals surface area contributed by atoms with E-state index < -0.39 is 0 Å². The molecule has 0 aromatic carbocycles. The van der Waals surface area contributed by atoms with Crippen molar-refractivity contribution in [1.29, 1.82) is 0 Å². The summed E-state index contributed by atoms with van der Waals surface area (Å²) in [6.07, 6.45) is 8.51. The van der Waals surface area contributed by atoms with Crippen LogP contribution < -0.4 is 10.1 Å². The van der Waals surface area contributed by atoms with E-state index in [1.807, 2.05) is 10.9 Å². The van der Waals surface area contributed by atoms with Gasteiger partial charge in [-0.2, -0.15) is 5.10 Å². The van der Waals surface area contributed by atoms with Crippen LogP contribution in [-0.2, 0) is 6.54 Å². The molecule has 4 heteroatoms. The Bertz CT molecular complexity index is 286. The van der Waals surface area contributed by atoms with Crippen LogP contribution in [0.5, 0.6) is 5.75 Å². The highest BCUT2D eigenvalue weighted by Gasteiger charge is 1.97. The average Bonchev–Trinajstić information content (AvgIpc) is 2.80. The number of nitrogens with one attached hydrogen (secondary N) is 1. The van der Waals surface area contributed by atoms with Crippen LogP contribution in [0.2, 0.25) is 0 Å². The Labute approximate surface area is 104 Å². The van der Waals surface area contributed by atoms with Gasteiger partial charge in [0.2, 0.25) is 0 Å². The number of rotatable bonds is 10. The van der Waals surface area contributed by atoms with Crippen molar-refractivity contribution in [2.24, 2.45) is 0 Å². The topological polar surface area (TPSA) is 39.1 Å². The van der Waals surface area contributed by atoms with Crippen molar-refractivity contribution in [2.75, 3.05) is 19.7 Å². The normalized spacial score (nSPS) is 10.7. The lowest BCUT2D eigenvalue weighted by atomic mass is 10.2. The van der Waals surface area contributed by atoms with Crippen LogP contribution in [0, 0.1) is 0 Å². The molecule has 1 rings (SSSR count). The highest BCUT2D eigenvalue weighted by Crippen LogP contribution is 2.08. The van der Waals surface area contributed by atoms with Gasteiger partial charge < -0.3 is 10.1 Å². The molecular formula is C13H25N3O. The first kappa shape index (κ1) is 14.0. The maximum Gasteiger partial charge on any atom is 0.157 e. The summed E-state index contributed by atoms with van der Waals surface area (Å²) < 4.78 is 7.49. The lowest BCUT2D eigenvalue weighted by Crippen LogP contribution is -2.15. The minimum absolute atomic E-state index is 0.795. The molecule has 0 amide bonds. The standard InChI is InChI=1S/C13H25N3O/c1-3-8-14-9-6-5-7-10-17-13-11-15-16(4-2)12-13/h11-12,14H,3-10H2,1-2H3. The summed E-state index contributed by atoms with van der Waals surface area (Å²) in [4.78, 5) is 0. The number of ether oxygens (including phenoxy) is 1. The molecule has 0 atom stereocenters. The summed E-state index contributed by atoms with van der Waals surface area (Å²) in [5, 5.41) is 7.57. The fourth-order valence-corrected chi connectivity index (χ4v) is 1.61. The van der Waals surface area contributed by atoms with Gasteiger partial charge in [-0.1, -0.05) is 6.92 Å². The molecule has 1 aromatic rings. The lowest BCUT2D eigenvalue weighted by Gasteiger charge is -2.04. The molecule has 0 unspecified atom stereocenters. The Morgan fingerprint density at radius 3 is 2.82 bits per heavy atom. The maximum absolute atomic E-state index is 5.61. The number of hydrogen-bond acceptors (Lipinski definition) is 3. The van der Waals surface area contributed by atoms with Crippen LogP contribution in [0.1, 0.15) is 39.5 Å². The SMILES string of the molecule is CCCNCCCCCOc1cnn(CC)c1. The van der Waals surface area contributed by atoms with Gasteiger partial charge in [0.15, 0.2) is 5.75 Å². The van der Waals surface area contributed by atoms with Gasteiger partial charge in [0.1, 0.15) is 0 Å². The maximum atomic E-state index is 5.61. The van der Waals surface area contributed by atoms with Gasteiger partial charge in [0, 0.05) is 6.54 Å². The molecule has 0 aliphatic heterocycles. The smallest absolute Gasteiger partial charge is 0.157 e. The summed E-state index contributed by atoms with van der Waals surface area (Å²) in [5.74, 6) is 0.885. The lowest BCUT2D eigenvalue weighted by molar-refractivity contribution is 0.304. The molecule has 17 heavy (non-hydrogen) atoms. The largest absolute Gasteiger partial charge is 0.490 e. The number of aromatic nitrogens is 2. The fraction of sp³-hybridized carbons (Fsp3) is 0.769. The van der Waals surface area contributed by atoms with Crippen LogP contribution in [0.3, 0.4) is 0 Å². The molecule has 0 saturated carbocycles. The van der Waals surface area contributed by atoms with Crippen LogP contribution in [-0.4, -0.2) is 29.5 Å². The van der Waals surface area contributed by atoms with E-state index in [4.69, 9.17) is 4.74 Å². The van der Waals surface area contributed by atoms with Gasteiger partial charge in [-0.25, -0.2) is 0 Å². The van der Waals surface area contributed by atoms with Crippen molar-refractivity contribution in [2.45, 2.75) is 46.1 Å². The van der Waals surface area contributed by atoms with E-state index in [2.05, 4.69) is 24.3 Å². The van der Waals surface area contributed by atoms with E-state index in [-0.39, 0.29) is 0 Å². The van der Waals surface area contributed by atoms with Crippen LogP contribution in [0.25, 0.3) is 0 Å². The van der Waals surface area contributed by atoms with Gasteiger partial charge in [-0.3, -0.25) is 4.68 Å². The number of nitrogens with zero attached hydrogens (tertiary/aromatic N) is 2. The molecule has 1 heterocycles. The molecule has 4 nitrogen and oxygen atoms in total. The second-order valence-corrected chi connectivity index (χ2v) is 4.19. The van der Waals surface area contributed by atoms with Gasteiger partial charge in [-0.15, -0.1) is 0 Å². The number of unbranched alkanes of at least 4 members (excludes halogenated alkanes) is 2. The van der Waals surface area contributed by atoms with Gasteiger partial charge in [-0.05, 0) is 45.7 Å². The monoisotopic (exact) mass is 239 g/mol. The van der Waals surface area contributed by atoms with Crippen molar-refractivity contribution in [3.63, 3.8) is 0 Å². The Hall–Kier alpha value is -1.03. The third-order valence-corrected chi connectivity index (χ3v) is 2.63. The van der Waals surface area contributed by atoms with Gasteiger partial charge in [0.05, 0.1) is 19.0 Å². The Morgan fingerprint density at radius 1 is 1.24 bits per heavy atom. The third-order valence-electron chi connectivity index (χ3n) is 2.63. The van der Waals surface area contributed by atoms with Crippen LogP contribution >= 0.6 is 0 Å². The van der Waals surface area contributed by atoms with Crippen molar-refractivity contribution in [3.05, 3.63) is 12.4 Å². The molecule has 0 radical (unpaired) electrons. The summed E-state index contributed by atoms with van der Waals surface area (Å²) in [7, 11) is 0. The summed E-state index contributed by atoms with van der Waals surface area (Å²) in [6.45, 7) is 8.21. The van der Waals surface area contributed by atoms with Crippen molar-refractivity contribution < 1.29 is 4.74 Å². The molecule has 0 saturated heterocycles. The fourth-order valence-electron chi connectivity index (χ4n) is 1.61. The first-order chi connectivity index (χ1) is 8.36. The summed E-state index contributed by atoms with van der Waals surface area (Å²) >= 11 is 0. The van der Waals surface area contributed by atoms with Gasteiger partial charge in [0.25, 0.3) is 0 Å². The molecule has 98 valence electrons. The Kier molecular flexibility index (Phi) is 7.47. The van der Waals surface area contributed by atoms with Crippen LogP contribution in [0.15, 0.2) is 12.4 Å². The minimum Gasteiger partial charge on any atom is -0.490 e. The molecule has 1 aromatic heterocycles. The summed E-state index contributed by atoms with van der Waals surface area (Å²) in [5.41, 5.74) is 0. The van der Waals surface area contributed by atoms with Gasteiger partial charge >= 0.3 is 0 Å².